The number of imide groups is 1. The largest absolute Gasteiger partial charge is 0.274 e. The molecule has 3 unspecified atom stereocenters. The summed E-state index contributed by atoms with van der Waals surface area (Å²) < 4.78 is 0. The first-order valence-corrected chi connectivity index (χ1v) is 8.13. The predicted octanol–water partition coefficient (Wildman–Crippen LogP) is 4.01. The van der Waals surface area contributed by atoms with E-state index in [1.54, 1.807) is 0 Å². The van der Waals surface area contributed by atoms with E-state index < -0.39 is 0 Å². The second-order valence-electron chi connectivity index (χ2n) is 6.09. The predicted molar refractivity (Wildman–Crippen MR) is 91.1 cm³/mol. The summed E-state index contributed by atoms with van der Waals surface area (Å²) in [6.45, 7) is 3.95. The Kier molecular flexibility index (Phi) is 4.28. The second-order valence-corrected chi connectivity index (χ2v) is 6.09. The highest BCUT2D eigenvalue weighted by atomic mass is 16.2. The highest BCUT2D eigenvalue weighted by molar-refractivity contribution is 6.22. The van der Waals surface area contributed by atoms with Crippen molar-refractivity contribution < 1.29 is 9.59 Å². The van der Waals surface area contributed by atoms with E-state index in [0.29, 0.717) is 5.69 Å². The van der Waals surface area contributed by atoms with Crippen LogP contribution in [0.3, 0.4) is 0 Å². The zero-order valence-corrected chi connectivity index (χ0v) is 13.5. The molecule has 0 saturated carbocycles. The normalized spacial score (nSPS) is 22.4. The zero-order chi connectivity index (χ0) is 16.4. The van der Waals surface area contributed by atoms with Crippen molar-refractivity contribution in [2.45, 2.75) is 26.2 Å². The van der Waals surface area contributed by atoms with Crippen LogP contribution in [0.25, 0.3) is 0 Å². The molecule has 0 radical (unpaired) electrons. The monoisotopic (exact) mass is 307 g/mol. The van der Waals surface area contributed by atoms with E-state index in [1.165, 1.54) is 4.90 Å². The molecule has 1 heterocycles. The quantitative estimate of drug-likeness (QED) is 0.800. The van der Waals surface area contributed by atoms with Gasteiger partial charge in [0.05, 0.1) is 11.6 Å². The van der Waals surface area contributed by atoms with Gasteiger partial charge in [0, 0.05) is 5.92 Å². The van der Waals surface area contributed by atoms with Crippen LogP contribution < -0.4 is 4.90 Å². The first kappa shape index (κ1) is 15.5. The molecule has 1 aliphatic heterocycles. The number of benzene rings is 2. The van der Waals surface area contributed by atoms with Gasteiger partial charge in [-0.15, -0.1) is 0 Å². The summed E-state index contributed by atoms with van der Waals surface area (Å²) in [4.78, 5) is 27.1. The summed E-state index contributed by atoms with van der Waals surface area (Å²) in [7, 11) is 0. The van der Waals surface area contributed by atoms with Crippen molar-refractivity contribution in [3.8, 4) is 0 Å². The number of carbonyl (C=O) groups excluding carboxylic acids is 2. The minimum absolute atomic E-state index is 0.0661. The maximum atomic E-state index is 13.0. The van der Waals surface area contributed by atoms with Gasteiger partial charge in [-0.25, -0.2) is 0 Å². The average molecular weight is 307 g/mol. The van der Waals surface area contributed by atoms with Gasteiger partial charge in [-0.3, -0.25) is 14.5 Å². The first-order chi connectivity index (χ1) is 11.1. The fraction of sp³-hybridized carbons (Fsp3) is 0.300. The molecule has 2 aromatic rings. The van der Waals surface area contributed by atoms with Gasteiger partial charge in [0.25, 0.3) is 0 Å². The minimum atomic E-state index is -0.298. The lowest BCUT2D eigenvalue weighted by Crippen LogP contribution is -2.31. The third-order valence-corrected chi connectivity index (χ3v) is 4.77. The van der Waals surface area contributed by atoms with E-state index in [9.17, 15) is 9.59 Å². The average Bonchev–Trinajstić information content (AvgIpc) is 2.81. The van der Waals surface area contributed by atoms with Gasteiger partial charge in [-0.1, -0.05) is 62.4 Å². The number of amides is 2. The molecule has 3 rings (SSSR count). The lowest BCUT2D eigenvalue weighted by atomic mass is 9.78. The molecular weight excluding hydrogens is 286 g/mol. The molecule has 3 atom stereocenters. The Bertz CT molecular complexity index is 696. The minimum Gasteiger partial charge on any atom is -0.274 e. The van der Waals surface area contributed by atoms with E-state index in [-0.39, 0.29) is 29.6 Å². The number of carbonyl (C=O) groups is 2. The van der Waals surface area contributed by atoms with Gasteiger partial charge >= 0.3 is 0 Å². The van der Waals surface area contributed by atoms with Crippen molar-refractivity contribution in [1.82, 2.24) is 0 Å². The van der Waals surface area contributed by atoms with Crippen LogP contribution in [-0.4, -0.2) is 11.8 Å². The summed E-state index contributed by atoms with van der Waals surface area (Å²) in [5, 5.41) is 0. The van der Waals surface area contributed by atoms with Crippen LogP contribution in [0.4, 0.5) is 5.69 Å². The molecule has 0 aromatic heterocycles. The maximum absolute atomic E-state index is 13.0. The Hall–Kier alpha value is -2.42. The summed E-state index contributed by atoms with van der Waals surface area (Å²) in [6, 6.07) is 19.2. The summed E-state index contributed by atoms with van der Waals surface area (Å²) in [6.07, 6.45) is 0.834. The molecule has 0 aliphatic carbocycles. The molecule has 2 aromatic carbocycles. The Balaban J connectivity index is 1.97. The molecule has 118 valence electrons. The molecule has 1 fully saturated rings. The van der Waals surface area contributed by atoms with Gasteiger partial charge in [0.2, 0.25) is 11.8 Å². The van der Waals surface area contributed by atoms with Crippen molar-refractivity contribution in [3.63, 3.8) is 0 Å². The van der Waals surface area contributed by atoms with Crippen LogP contribution in [0.5, 0.6) is 0 Å². The van der Waals surface area contributed by atoms with Crippen molar-refractivity contribution in [2.75, 3.05) is 4.90 Å². The van der Waals surface area contributed by atoms with E-state index in [4.69, 9.17) is 0 Å². The second kappa shape index (κ2) is 6.37. The number of nitrogens with zero attached hydrogens (tertiary/aromatic N) is 1. The molecule has 0 spiro atoms. The van der Waals surface area contributed by atoms with Gasteiger partial charge < -0.3 is 0 Å². The third-order valence-electron chi connectivity index (χ3n) is 4.77. The fourth-order valence-corrected chi connectivity index (χ4v) is 3.58. The van der Waals surface area contributed by atoms with Gasteiger partial charge in [-0.05, 0) is 30.0 Å². The summed E-state index contributed by atoms with van der Waals surface area (Å²) in [5.41, 5.74) is 1.79. The smallest absolute Gasteiger partial charge is 0.238 e. The Morgan fingerprint density at radius 3 is 2.04 bits per heavy atom. The molecule has 1 saturated heterocycles. The molecule has 0 N–H and O–H groups in total. The topological polar surface area (TPSA) is 37.4 Å². The molecule has 3 nitrogen and oxygen atoms in total. The van der Waals surface area contributed by atoms with Crippen molar-refractivity contribution in [2.24, 2.45) is 11.8 Å². The molecule has 0 bridgehead atoms. The maximum Gasteiger partial charge on any atom is 0.238 e. The number of hydrogen-bond donors (Lipinski definition) is 0. The van der Waals surface area contributed by atoms with E-state index >= 15 is 0 Å². The lowest BCUT2D eigenvalue weighted by molar-refractivity contribution is -0.122. The van der Waals surface area contributed by atoms with E-state index in [0.717, 1.165) is 12.0 Å². The van der Waals surface area contributed by atoms with Crippen LogP contribution in [-0.2, 0) is 9.59 Å². The summed E-state index contributed by atoms with van der Waals surface area (Å²) in [5.74, 6) is -0.704. The zero-order valence-electron chi connectivity index (χ0n) is 13.5. The molecule has 2 amide bonds. The van der Waals surface area contributed by atoms with E-state index in [2.05, 4.69) is 6.92 Å². The highest BCUT2D eigenvalue weighted by Crippen LogP contribution is 2.41. The number of hydrogen-bond acceptors (Lipinski definition) is 2. The van der Waals surface area contributed by atoms with E-state index in [1.807, 2.05) is 67.6 Å². The number of para-hydroxylation sites is 1. The standard InChI is InChI=1S/C20H21NO2/c1-3-17(15-10-6-4-7-11-15)18-14(2)19(22)21(20(18)23)16-12-8-5-9-13-16/h4-14,17-18H,3H2,1-2H3. The van der Waals surface area contributed by atoms with Crippen LogP contribution in [0, 0.1) is 11.8 Å². The van der Waals surface area contributed by atoms with Crippen molar-refractivity contribution in [1.29, 1.82) is 0 Å². The van der Waals surface area contributed by atoms with Crippen LogP contribution in [0.1, 0.15) is 31.7 Å². The molecule has 1 aliphatic rings. The molecule has 23 heavy (non-hydrogen) atoms. The Morgan fingerprint density at radius 1 is 0.913 bits per heavy atom. The SMILES string of the molecule is CCC(c1ccccc1)C1C(=O)N(c2ccccc2)C(=O)C1C. The number of rotatable bonds is 4. The Labute approximate surface area is 136 Å². The van der Waals surface area contributed by atoms with Crippen molar-refractivity contribution in [3.05, 3.63) is 66.2 Å². The first-order valence-electron chi connectivity index (χ1n) is 8.13. The van der Waals surface area contributed by atoms with Crippen LogP contribution in [0.15, 0.2) is 60.7 Å². The van der Waals surface area contributed by atoms with Gasteiger partial charge in [0.1, 0.15) is 0 Å². The lowest BCUT2D eigenvalue weighted by Gasteiger charge is -2.23. The van der Waals surface area contributed by atoms with Gasteiger partial charge in [0.15, 0.2) is 0 Å². The summed E-state index contributed by atoms with van der Waals surface area (Å²) >= 11 is 0. The number of anilines is 1. The molecular formula is C20H21NO2. The highest BCUT2D eigenvalue weighted by Gasteiger charge is 2.48. The Morgan fingerprint density at radius 2 is 1.48 bits per heavy atom. The fourth-order valence-electron chi connectivity index (χ4n) is 3.58. The molecule has 3 heteroatoms. The third kappa shape index (κ3) is 2.67. The van der Waals surface area contributed by atoms with Crippen LogP contribution >= 0.6 is 0 Å². The van der Waals surface area contributed by atoms with Crippen LogP contribution in [0.2, 0.25) is 0 Å². The van der Waals surface area contributed by atoms with Crippen molar-refractivity contribution >= 4 is 17.5 Å². The van der Waals surface area contributed by atoms with Gasteiger partial charge in [-0.2, -0.15) is 0 Å².